The Kier molecular flexibility index (Phi) is 4.53. The number of hydrogen-bond acceptors (Lipinski definition) is 3. The van der Waals surface area contributed by atoms with Crippen LogP contribution >= 0.6 is 0 Å². The number of rotatable bonds is 5. The molecule has 0 aliphatic rings. The van der Waals surface area contributed by atoms with Gasteiger partial charge in [0.15, 0.2) is 0 Å². The molecule has 0 spiro atoms. The van der Waals surface area contributed by atoms with Gasteiger partial charge in [0.2, 0.25) is 0 Å². The molecule has 2 N–H and O–H groups in total. The molecule has 2 rings (SSSR count). The number of benzene rings is 1. The summed E-state index contributed by atoms with van der Waals surface area (Å²) in [5, 5.41) is 0. The average Bonchev–Trinajstić information content (AvgIpc) is 2.46. The quantitative estimate of drug-likeness (QED) is 0.894. The Labute approximate surface area is 114 Å². The molecule has 1 aromatic carbocycles. The molecule has 0 bridgehead atoms. The predicted molar refractivity (Wildman–Crippen MR) is 77.2 cm³/mol. The van der Waals surface area contributed by atoms with E-state index in [2.05, 4.69) is 11.9 Å². The second kappa shape index (κ2) is 6.34. The second-order valence-corrected chi connectivity index (χ2v) is 4.50. The van der Waals surface area contributed by atoms with E-state index in [0.29, 0.717) is 6.54 Å². The Hall–Kier alpha value is -1.87. The minimum atomic E-state index is -0.129. The largest absolute Gasteiger partial charge is 0.482 e. The Bertz CT molecular complexity index is 526. The highest BCUT2D eigenvalue weighted by Crippen LogP contribution is 2.24. The van der Waals surface area contributed by atoms with Gasteiger partial charge in [-0.1, -0.05) is 37.3 Å². The lowest BCUT2D eigenvalue weighted by Crippen LogP contribution is -2.19. The van der Waals surface area contributed by atoms with E-state index in [1.165, 1.54) is 0 Å². The van der Waals surface area contributed by atoms with E-state index >= 15 is 0 Å². The van der Waals surface area contributed by atoms with Crippen molar-refractivity contribution in [3.63, 3.8) is 0 Å². The summed E-state index contributed by atoms with van der Waals surface area (Å²) in [4.78, 5) is 4.51. The highest BCUT2D eigenvalue weighted by Gasteiger charge is 2.13. The highest BCUT2D eigenvalue weighted by atomic mass is 16.5. The van der Waals surface area contributed by atoms with Crippen LogP contribution in [0.25, 0.3) is 0 Å². The zero-order chi connectivity index (χ0) is 13.7. The van der Waals surface area contributed by atoms with Gasteiger partial charge in [0, 0.05) is 12.2 Å². The number of nitrogens with two attached hydrogens (primary N) is 1. The van der Waals surface area contributed by atoms with Crippen LogP contribution in [0.5, 0.6) is 5.75 Å². The Balaban J connectivity index is 2.24. The van der Waals surface area contributed by atoms with Crippen LogP contribution in [0, 0.1) is 6.92 Å². The van der Waals surface area contributed by atoms with Crippen LogP contribution in [0.3, 0.4) is 0 Å². The zero-order valence-electron chi connectivity index (χ0n) is 11.5. The van der Waals surface area contributed by atoms with E-state index in [0.717, 1.165) is 29.1 Å². The standard InChI is InChI=1S/C16H20N2O/c1-3-14-15(10-9-12(2)18-14)19-16(11-17)13-7-5-4-6-8-13/h4-10,16H,3,11,17H2,1-2H3. The van der Waals surface area contributed by atoms with Gasteiger partial charge in [0.25, 0.3) is 0 Å². The summed E-state index contributed by atoms with van der Waals surface area (Å²) in [5.74, 6) is 0.826. The van der Waals surface area contributed by atoms with Gasteiger partial charge < -0.3 is 10.5 Å². The number of aryl methyl sites for hydroxylation is 2. The number of aromatic nitrogens is 1. The molecular formula is C16H20N2O. The van der Waals surface area contributed by atoms with Crippen LogP contribution in [-0.4, -0.2) is 11.5 Å². The summed E-state index contributed by atoms with van der Waals surface area (Å²) in [7, 11) is 0. The number of pyridine rings is 1. The van der Waals surface area contributed by atoms with Crippen molar-refractivity contribution < 1.29 is 4.74 Å². The normalized spacial score (nSPS) is 12.2. The molecule has 100 valence electrons. The third kappa shape index (κ3) is 3.32. The first kappa shape index (κ1) is 13.6. The maximum Gasteiger partial charge on any atom is 0.141 e. The smallest absolute Gasteiger partial charge is 0.141 e. The van der Waals surface area contributed by atoms with Crippen LogP contribution < -0.4 is 10.5 Å². The monoisotopic (exact) mass is 256 g/mol. The molecule has 3 nitrogen and oxygen atoms in total. The van der Waals surface area contributed by atoms with Crippen LogP contribution in [0.4, 0.5) is 0 Å². The number of hydrogen-bond donors (Lipinski definition) is 1. The van der Waals surface area contributed by atoms with Crippen molar-refractivity contribution in [1.82, 2.24) is 4.98 Å². The summed E-state index contributed by atoms with van der Waals surface area (Å²) < 4.78 is 6.04. The fourth-order valence-corrected chi connectivity index (χ4v) is 2.03. The zero-order valence-corrected chi connectivity index (χ0v) is 11.5. The van der Waals surface area contributed by atoms with Crippen molar-refractivity contribution in [3.05, 3.63) is 59.4 Å². The van der Waals surface area contributed by atoms with Gasteiger partial charge in [-0.2, -0.15) is 0 Å². The van der Waals surface area contributed by atoms with Crippen LogP contribution in [-0.2, 0) is 6.42 Å². The molecule has 1 unspecified atom stereocenters. The maximum absolute atomic E-state index is 6.04. The van der Waals surface area contributed by atoms with Crippen molar-refractivity contribution in [2.24, 2.45) is 5.73 Å². The van der Waals surface area contributed by atoms with Crippen LogP contribution in [0.1, 0.15) is 30.0 Å². The lowest BCUT2D eigenvalue weighted by molar-refractivity contribution is 0.211. The Morgan fingerprint density at radius 2 is 1.89 bits per heavy atom. The molecule has 0 amide bonds. The summed E-state index contributed by atoms with van der Waals surface area (Å²) in [6, 6.07) is 14.0. The molecule has 1 heterocycles. The summed E-state index contributed by atoms with van der Waals surface area (Å²) in [5.41, 5.74) is 8.91. The van der Waals surface area contributed by atoms with E-state index in [-0.39, 0.29) is 6.10 Å². The highest BCUT2D eigenvalue weighted by molar-refractivity contribution is 5.30. The van der Waals surface area contributed by atoms with Gasteiger partial charge in [-0.3, -0.25) is 4.98 Å². The summed E-state index contributed by atoms with van der Waals surface area (Å²) in [6.07, 6.45) is 0.722. The predicted octanol–water partition coefficient (Wildman–Crippen LogP) is 3.03. The minimum Gasteiger partial charge on any atom is -0.482 e. The van der Waals surface area contributed by atoms with Gasteiger partial charge in [-0.25, -0.2) is 0 Å². The van der Waals surface area contributed by atoms with Crippen molar-refractivity contribution in [3.8, 4) is 5.75 Å². The third-order valence-corrected chi connectivity index (χ3v) is 3.06. The molecule has 19 heavy (non-hydrogen) atoms. The van der Waals surface area contributed by atoms with Gasteiger partial charge in [0.05, 0.1) is 5.69 Å². The fraction of sp³-hybridized carbons (Fsp3) is 0.312. The molecule has 1 atom stereocenters. The Morgan fingerprint density at radius 1 is 1.16 bits per heavy atom. The lowest BCUT2D eigenvalue weighted by Gasteiger charge is -2.19. The lowest BCUT2D eigenvalue weighted by atomic mass is 10.1. The molecule has 3 heteroatoms. The molecule has 0 saturated carbocycles. The van der Waals surface area contributed by atoms with E-state index in [4.69, 9.17) is 10.5 Å². The summed E-state index contributed by atoms with van der Waals surface area (Å²) >= 11 is 0. The molecule has 0 fully saturated rings. The van der Waals surface area contributed by atoms with E-state index < -0.39 is 0 Å². The van der Waals surface area contributed by atoms with E-state index in [1.807, 2.05) is 49.4 Å². The third-order valence-electron chi connectivity index (χ3n) is 3.06. The maximum atomic E-state index is 6.04. The van der Waals surface area contributed by atoms with Gasteiger partial charge in [-0.05, 0) is 31.0 Å². The van der Waals surface area contributed by atoms with Crippen molar-refractivity contribution >= 4 is 0 Å². The second-order valence-electron chi connectivity index (χ2n) is 4.50. The molecular weight excluding hydrogens is 236 g/mol. The van der Waals surface area contributed by atoms with Crippen LogP contribution in [0.2, 0.25) is 0 Å². The molecule has 0 aliphatic carbocycles. The summed E-state index contributed by atoms with van der Waals surface area (Å²) in [6.45, 7) is 4.51. The van der Waals surface area contributed by atoms with Crippen molar-refractivity contribution in [2.75, 3.05) is 6.54 Å². The molecule has 2 aromatic rings. The topological polar surface area (TPSA) is 48.1 Å². The SMILES string of the molecule is CCc1nc(C)ccc1OC(CN)c1ccccc1. The molecule has 1 aromatic heterocycles. The fourth-order valence-electron chi connectivity index (χ4n) is 2.03. The molecule has 0 saturated heterocycles. The molecule has 0 aliphatic heterocycles. The van der Waals surface area contributed by atoms with E-state index in [1.54, 1.807) is 0 Å². The minimum absolute atomic E-state index is 0.129. The van der Waals surface area contributed by atoms with Gasteiger partial charge in [-0.15, -0.1) is 0 Å². The number of nitrogens with zero attached hydrogens (tertiary/aromatic N) is 1. The van der Waals surface area contributed by atoms with Crippen molar-refractivity contribution in [2.45, 2.75) is 26.4 Å². The first-order chi connectivity index (χ1) is 9.24. The van der Waals surface area contributed by atoms with E-state index in [9.17, 15) is 0 Å². The average molecular weight is 256 g/mol. The van der Waals surface area contributed by atoms with Crippen LogP contribution in [0.15, 0.2) is 42.5 Å². The van der Waals surface area contributed by atoms with Gasteiger partial charge >= 0.3 is 0 Å². The van der Waals surface area contributed by atoms with Crippen molar-refractivity contribution in [1.29, 1.82) is 0 Å². The Morgan fingerprint density at radius 3 is 2.53 bits per heavy atom. The first-order valence-corrected chi connectivity index (χ1v) is 6.62. The molecule has 0 radical (unpaired) electrons. The first-order valence-electron chi connectivity index (χ1n) is 6.62. The van der Waals surface area contributed by atoms with Gasteiger partial charge in [0.1, 0.15) is 11.9 Å². The number of ether oxygens (including phenoxy) is 1.